The minimum atomic E-state index is 0.273. The Morgan fingerprint density at radius 3 is 2.50 bits per heavy atom. The van der Waals surface area contributed by atoms with Gasteiger partial charge in [-0.05, 0) is 43.2 Å². The number of rotatable bonds is 11. The highest BCUT2D eigenvalue weighted by atomic mass is 16.5. The second-order valence-corrected chi connectivity index (χ2v) is 8.92. The number of nitrogens with zero attached hydrogens (tertiary/aromatic N) is 1. The molecule has 26 heavy (non-hydrogen) atoms. The van der Waals surface area contributed by atoms with Gasteiger partial charge in [0.25, 0.3) is 0 Å². The van der Waals surface area contributed by atoms with E-state index in [4.69, 9.17) is 4.74 Å². The van der Waals surface area contributed by atoms with E-state index in [0.717, 1.165) is 32.2 Å². The highest BCUT2D eigenvalue weighted by molar-refractivity contribution is 5.29. The standard InChI is InChI=1S/C24H43NO/c1-5-7-11-18-24(3,4)21-14-16-23(17-15-21)26-20-19-25(6-2)22-12-9-8-10-13-22/h14-16,22-23H,5-13,17-20H2,1-4H3. The second-order valence-electron chi connectivity index (χ2n) is 8.92. The first kappa shape index (κ1) is 21.7. The molecule has 150 valence electrons. The summed E-state index contributed by atoms with van der Waals surface area (Å²) in [6.45, 7) is 12.5. The second kappa shape index (κ2) is 11.3. The van der Waals surface area contributed by atoms with Crippen LogP contribution in [0.4, 0.5) is 0 Å². The lowest BCUT2D eigenvalue weighted by molar-refractivity contribution is 0.0498. The number of ether oxygens (including phenoxy) is 1. The average Bonchev–Trinajstić information content (AvgIpc) is 2.66. The quantitative estimate of drug-likeness (QED) is 0.388. The van der Waals surface area contributed by atoms with Crippen molar-refractivity contribution in [1.82, 2.24) is 4.90 Å². The molecule has 0 heterocycles. The van der Waals surface area contributed by atoms with E-state index in [-0.39, 0.29) is 6.10 Å². The van der Waals surface area contributed by atoms with Crippen molar-refractivity contribution in [3.63, 3.8) is 0 Å². The van der Waals surface area contributed by atoms with Crippen molar-refractivity contribution >= 4 is 0 Å². The van der Waals surface area contributed by atoms with Gasteiger partial charge < -0.3 is 4.74 Å². The van der Waals surface area contributed by atoms with Crippen molar-refractivity contribution in [2.45, 2.75) is 104 Å². The Balaban J connectivity index is 1.70. The molecule has 1 atom stereocenters. The fourth-order valence-electron chi connectivity index (χ4n) is 4.55. The third kappa shape index (κ3) is 6.85. The Morgan fingerprint density at radius 1 is 1.12 bits per heavy atom. The summed E-state index contributed by atoms with van der Waals surface area (Å²) in [4.78, 5) is 2.64. The zero-order valence-corrected chi connectivity index (χ0v) is 17.9. The zero-order valence-electron chi connectivity index (χ0n) is 17.9. The van der Waals surface area contributed by atoms with E-state index in [1.54, 1.807) is 0 Å². The smallest absolute Gasteiger partial charge is 0.0794 e. The third-order valence-electron chi connectivity index (χ3n) is 6.46. The molecule has 2 rings (SSSR count). The molecule has 0 radical (unpaired) electrons. The van der Waals surface area contributed by atoms with Crippen molar-refractivity contribution < 1.29 is 4.74 Å². The van der Waals surface area contributed by atoms with Gasteiger partial charge >= 0.3 is 0 Å². The van der Waals surface area contributed by atoms with Gasteiger partial charge in [-0.15, -0.1) is 0 Å². The predicted molar refractivity (Wildman–Crippen MR) is 114 cm³/mol. The molecular weight excluding hydrogens is 318 g/mol. The Labute approximate surface area is 163 Å². The Hall–Kier alpha value is -0.600. The summed E-state index contributed by atoms with van der Waals surface area (Å²) in [7, 11) is 0. The number of hydrogen-bond donors (Lipinski definition) is 0. The topological polar surface area (TPSA) is 12.5 Å². The largest absolute Gasteiger partial charge is 0.372 e. The number of likely N-dealkylation sites (N-methyl/N-ethyl adjacent to an activating group) is 1. The van der Waals surface area contributed by atoms with Crippen molar-refractivity contribution in [1.29, 1.82) is 0 Å². The first-order valence-corrected chi connectivity index (χ1v) is 11.3. The number of allylic oxidation sites excluding steroid dienone is 2. The molecule has 0 bridgehead atoms. The van der Waals surface area contributed by atoms with Crippen molar-refractivity contribution in [3.05, 3.63) is 23.8 Å². The van der Waals surface area contributed by atoms with Crippen LogP contribution in [0.25, 0.3) is 0 Å². The van der Waals surface area contributed by atoms with Gasteiger partial charge in [-0.25, -0.2) is 0 Å². The minimum Gasteiger partial charge on any atom is -0.372 e. The SMILES string of the molecule is CCCCCC(C)(C)C1=CCC(OCCN(CC)C2CCCCC2)C=C1. The molecule has 0 amide bonds. The van der Waals surface area contributed by atoms with Crippen LogP contribution in [-0.2, 0) is 4.74 Å². The number of unbranched alkanes of at least 4 members (excludes halogenated alkanes) is 2. The van der Waals surface area contributed by atoms with E-state index in [1.807, 2.05) is 0 Å². The van der Waals surface area contributed by atoms with Crippen LogP contribution < -0.4 is 0 Å². The van der Waals surface area contributed by atoms with Gasteiger partial charge in [0, 0.05) is 12.6 Å². The monoisotopic (exact) mass is 361 g/mol. The van der Waals surface area contributed by atoms with Crippen LogP contribution in [0.15, 0.2) is 23.8 Å². The molecule has 0 saturated heterocycles. The van der Waals surface area contributed by atoms with Crippen LogP contribution in [0, 0.1) is 5.41 Å². The van der Waals surface area contributed by atoms with Gasteiger partial charge in [0.15, 0.2) is 0 Å². The lowest BCUT2D eigenvalue weighted by Gasteiger charge is -2.34. The van der Waals surface area contributed by atoms with Crippen molar-refractivity contribution in [2.75, 3.05) is 19.7 Å². The predicted octanol–water partition coefficient (Wildman–Crippen LogP) is 6.52. The summed E-state index contributed by atoms with van der Waals surface area (Å²) < 4.78 is 6.19. The molecule has 2 aliphatic rings. The summed E-state index contributed by atoms with van der Waals surface area (Å²) in [6, 6.07) is 0.801. The van der Waals surface area contributed by atoms with Crippen LogP contribution in [0.5, 0.6) is 0 Å². The maximum atomic E-state index is 6.19. The number of hydrogen-bond acceptors (Lipinski definition) is 2. The molecule has 2 aliphatic carbocycles. The maximum Gasteiger partial charge on any atom is 0.0794 e. The molecule has 1 fully saturated rings. The molecule has 0 spiro atoms. The maximum absolute atomic E-state index is 6.19. The van der Waals surface area contributed by atoms with Crippen LogP contribution in [-0.4, -0.2) is 36.7 Å². The van der Waals surface area contributed by atoms with E-state index in [9.17, 15) is 0 Å². The third-order valence-corrected chi connectivity index (χ3v) is 6.46. The molecule has 0 aliphatic heterocycles. The average molecular weight is 362 g/mol. The Morgan fingerprint density at radius 2 is 1.88 bits per heavy atom. The fourth-order valence-corrected chi connectivity index (χ4v) is 4.55. The highest BCUT2D eigenvalue weighted by Gasteiger charge is 2.24. The molecule has 2 heteroatoms. The van der Waals surface area contributed by atoms with Gasteiger partial charge in [-0.2, -0.15) is 0 Å². The molecule has 1 unspecified atom stereocenters. The van der Waals surface area contributed by atoms with E-state index in [2.05, 4.69) is 50.8 Å². The molecule has 0 aromatic rings. The Kier molecular flexibility index (Phi) is 9.42. The van der Waals surface area contributed by atoms with Gasteiger partial charge in [0.2, 0.25) is 0 Å². The molecule has 0 aromatic carbocycles. The van der Waals surface area contributed by atoms with Crippen LogP contribution in [0.3, 0.4) is 0 Å². The van der Waals surface area contributed by atoms with Crippen molar-refractivity contribution in [2.24, 2.45) is 5.41 Å². The summed E-state index contributed by atoms with van der Waals surface area (Å²) in [5, 5.41) is 0. The van der Waals surface area contributed by atoms with E-state index >= 15 is 0 Å². The van der Waals surface area contributed by atoms with E-state index < -0.39 is 0 Å². The lowest BCUT2D eigenvalue weighted by atomic mass is 9.77. The summed E-state index contributed by atoms with van der Waals surface area (Å²) in [5.74, 6) is 0. The molecule has 1 saturated carbocycles. The van der Waals surface area contributed by atoms with E-state index in [0.29, 0.717) is 5.41 Å². The van der Waals surface area contributed by atoms with Gasteiger partial charge in [0.1, 0.15) is 0 Å². The summed E-state index contributed by atoms with van der Waals surface area (Å²) in [5.41, 5.74) is 1.81. The van der Waals surface area contributed by atoms with Crippen LogP contribution in [0.1, 0.15) is 91.9 Å². The van der Waals surface area contributed by atoms with Crippen molar-refractivity contribution in [3.8, 4) is 0 Å². The van der Waals surface area contributed by atoms with Gasteiger partial charge in [0.05, 0.1) is 12.7 Å². The minimum absolute atomic E-state index is 0.273. The molecular formula is C24H43NO. The Bertz CT molecular complexity index is 445. The molecule has 0 N–H and O–H groups in total. The van der Waals surface area contributed by atoms with Gasteiger partial charge in [-0.1, -0.05) is 84.4 Å². The highest BCUT2D eigenvalue weighted by Crippen LogP contribution is 2.35. The lowest BCUT2D eigenvalue weighted by Crippen LogP contribution is -2.39. The van der Waals surface area contributed by atoms with Gasteiger partial charge in [-0.3, -0.25) is 4.90 Å². The van der Waals surface area contributed by atoms with Crippen LogP contribution in [0.2, 0.25) is 0 Å². The molecule has 0 aromatic heterocycles. The molecule has 2 nitrogen and oxygen atoms in total. The fraction of sp³-hybridized carbons (Fsp3) is 0.833. The summed E-state index contributed by atoms with van der Waals surface area (Å²) >= 11 is 0. The first-order valence-electron chi connectivity index (χ1n) is 11.3. The van der Waals surface area contributed by atoms with Crippen LogP contribution >= 0.6 is 0 Å². The zero-order chi connectivity index (χ0) is 18.8. The summed E-state index contributed by atoms with van der Waals surface area (Å²) in [6.07, 6.45) is 20.7. The van der Waals surface area contributed by atoms with E-state index in [1.165, 1.54) is 63.4 Å². The normalized spacial score (nSPS) is 22.0. The first-order chi connectivity index (χ1) is 12.6.